The van der Waals surface area contributed by atoms with Crippen LogP contribution in [-0.4, -0.2) is 51.4 Å². The number of hydrogen-bond acceptors (Lipinski definition) is 6. The Hall–Kier alpha value is -1.75. The first kappa shape index (κ1) is 19.2. The van der Waals surface area contributed by atoms with Crippen molar-refractivity contribution in [2.75, 3.05) is 0 Å². The van der Waals surface area contributed by atoms with Gasteiger partial charge in [-0.05, 0) is 12.3 Å². The molecule has 0 spiro atoms. The summed E-state index contributed by atoms with van der Waals surface area (Å²) >= 11 is 0. The van der Waals surface area contributed by atoms with Gasteiger partial charge in [-0.2, -0.15) is 0 Å². The van der Waals surface area contributed by atoms with Crippen molar-refractivity contribution in [2.45, 2.75) is 44.8 Å². The van der Waals surface area contributed by atoms with Crippen molar-refractivity contribution in [1.82, 2.24) is 5.32 Å². The highest BCUT2D eigenvalue weighted by Crippen LogP contribution is 2.04. The standard InChI is InChI=1S/C11H21N3O7/c1-5(2)3-6(12)10(17)13-9(11(18)19)7(14(20)21)4-8(15)16/h5-7,9,14,20H,3-4,12H2,1-2H3,(H,13,17)(H,15,16)(H,18,19). The van der Waals surface area contributed by atoms with Gasteiger partial charge in [-0.1, -0.05) is 13.8 Å². The summed E-state index contributed by atoms with van der Waals surface area (Å²) in [6.07, 6.45) is -0.638. The zero-order valence-corrected chi connectivity index (χ0v) is 11.8. The molecule has 0 aromatic carbocycles. The molecular weight excluding hydrogens is 286 g/mol. The molecule has 0 saturated carbocycles. The predicted molar refractivity (Wildman–Crippen MR) is 69.2 cm³/mol. The number of rotatable bonds is 9. The number of hydroxylamine groups is 2. The molecule has 0 heterocycles. The smallest absolute Gasteiger partial charge is 0.332 e. The Morgan fingerprint density at radius 1 is 1.29 bits per heavy atom. The van der Waals surface area contributed by atoms with Crippen LogP contribution in [0.1, 0.15) is 26.7 Å². The number of carbonyl (C=O) groups is 3. The zero-order chi connectivity index (χ0) is 16.7. The molecule has 0 saturated heterocycles. The van der Waals surface area contributed by atoms with Gasteiger partial charge in [0.1, 0.15) is 6.42 Å². The first-order valence-electron chi connectivity index (χ1n) is 6.29. The third-order valence-corrected chi connectivity index (χ3v) is 2.74. The van der Waals surface area contributed by atoms with Gasteiger partial charge in [0.15, 0.2) is 12.1 Å². The quantitative estimate of drug-likeness (QED) is 0.254. The van der Waals surface area contributed by atoms with E-state index in [0.29, 0.717) is 0 Å². The van der Waals surface area contributed by atoms with Gasteiger partial charge in [0.2, 0.25) is 5.91 Å². The number of amides is 1. The molecule has 0 rings (SSSR count). The second-order valence-electron chi connectivity index (χ2n) is 5.10. The summed E-state index contributed by atoms with van der Waals surface area (Å²) in [6.45, 7) is 3.62. The fourth-order valence-electron chi connectivity index (χ4n) is 1.75. The van der Waals surface area contributed by atoms with Gasteiger partial charge in [-0.25, -0.2) is 15.2 Å². The third-order valence-electron chi connectivity index (χ3n) is 2.74. The maximum absolute atomic E-state index is 11.8. The van der Waals surface area contributed by atoms with Crippen LogP contribution in [0.5, 0.6) is 0 Å². The molecule has 10 heteroatoms. The number of aliphatic carboxylic acids is 2. The number of carboxylic acids is 2. The van der Waals surface area contributed by atoms with Crippen molar-refractivity contribution < 1.29 is 35.0 Å². The van der Waals surface area contributed by atoms with Crippen LogP contribution < -0.4 is 16.3 Å². The van der Waals surface area contributed by atoms with E-state index < -0.39 is 47.6 Å². The Morgan fingerprint density at radius 3 is 2.14 bits per heavy atom. The number of nitrogens with one attached hydrogen (secondary N) is 2. The van der Waals surface area contributed by atoms with E-state index in [1.807, 2.05) is 19.2 Å². The highest BCUT2D eigenvalue weighted by molar-refractivity contribution is 5.87. The summed E-state index contributed by atoms with van der Waals surface area (Å²) in [5.74, 6) is -3.85. The van der Waals surface area contributed by atoms with Gasteiger partial charge in [-0.15, -0.1) is 0 Å². The molecule has 0 aliphatic rings. The maximum Gasteiger partial charge on any atom is 0.332 e. The molecule has 0 aliphatic heterocycles. The summed E-state index contributed by atoms with van der Waals surface area (Å²) in [5, 5.41) is 37.9. The van der Waals surface area contributed by atoms with Crippen molar-refractivity contribution >= 4 is 17.8 Å². The Bertz CT molecular complexity index is 386. The third kappa shape index (κ3) is 6.99. The molecule has 21 heavy (non-hydrogen) atoms. The summed E-state index contributed by atoms with van der Waals surface area (Å²) in [7, 11) is 0. The second-order valence-corrected chi connectivity index (χ2v) is 5.10. The molecule has 0 bridgehead atoms. The van der Waals surface area contributed by atoms with Crippen LogP contribution in [0.25, 0.3) is 0 Å². The SMILES string of the molecule is CC(C)CC(N)C(=O)NC(C(=O)O)C(CC(=O)O)[NH+]([O-])O. The van der Waals surface area contributed by atoms with Gasteiger partial charge in [0.05, 0.1) is 6.04 Å². The van der Waals surface area contributed by atoms with Crippen LogP contribution in [0, 0.1) is 11.1 Å². The number of quaternary nitrogens is 1. The van der Waals surface area contributed by atoms with Crippen LogP contribution in [0.3, 0.4) is 0 Å². The topological polar surface area (TPSA) is 177 Å². The molecule has 1 amide bonds. The van der Waals surface area contributed by atoms with Crippen molar-refractivity contribution in [3.63, 3.8) is 0 Å². The monoisotopic (exact) mass is 307 g/mol. The van der Waals surface area contributed by atoms with Gasteiger partial charge in [0.25, 0.3) is 0 Å². The van der Waals surface area contributed by atoms with E-state index in [0.717, 1.165) is 0 Å². The average molecular weight is 307 g/mol. The Kier molecular flexibility index (Phi) is 7.81. The minimum absolute atomic E-state index is 0.0864. The molecule has 0 radical (unpaired) electrons. The van der Waals surface area contributed by atoms with Gasteiger partial charge in [0, 0.05) is 0 Å². The van der Waals surface area contributed by atoms with Crippen molar-refractivity contribution in [1.29, 1.82) is 0 Å². The molecule has 0 aromatic rings. The minimum atomic E-state index is -1.86. The van der Waals surface area contributed by atoms with E-state index in [-0.39, 0.29) is 12.3 Å². The first-order valence-corrected chi connectivity index (χ1v) is 6.29. The van der Waals surface area contributed by atoms with Crippen molar-refractivity contribution in [3.05, 3.63) is 5.21 Å². The van der Waals surface area contributed by atoms with Crippen LogP contribution >= 0.6 is 0 Å². The lowest BCUT2D eigenvalue weighted by molar-refractivity contribution is -1.07. The molecular formula is C11H21N3O7. The molecule has 0 aromatic heterocycles. The normalized spacial score (nSPS) is 16.9. The van der Waals surface area contributed by atoms with E-state index in [2.05, 4.69) is 0 Å². The average Bonchev–Trinajstić information content (AvgIpc) is 2.31. The van der Waals surface area contributed by atoms with Crippen molar-refractivity contribution in [3.8, 4) is 0 Å². The highest BCUT2D eigenvalue weighted by Gasteiger charge is 2.37. The van der Waals surface area contributed by atoms with Crippen LogP contribution in [0.2, 0.25) is 0 Å². The Morgan fingerprint density at radius 2 is 1.81 bits per heavy atom. The van der Waals surface area contributed by atoms with Gasteiger partial charge < -0.3 is 26.5 Å². The maximum atomic E-state index is 11.8. The largest absolute Gasteiger partial charge is 0.600 e. The Balaban J connectivity index is 5.00. The summed E-state index contributed by atoms with van der Waals surface area (Å²) < 4.78 is 0. The summed E-state index contributed by atoms with van der Waals surface area (Å²) in [4.78, 5) is 33.5. The number of carbonyl (C=O) groups excluding carboxylic acids is 1. The second kappa shape index (κ2) is 8.52. The highest BCUT2D eigenvalue weighted by atomic mass is 16.8. The summed E-state index contributed by atoms with van der Waals surface area (Å²) in [6, 6.07) is -4.63. The molecule has 10 nitrogen and oxygen atoms in total. The number of nitrogens with two attached hydrogens (primary N) is 1. The molecule has 0 aliphatic carbocycles. The van der Waals surface area contributed by atoms with Crippen LogP contribution in [-0.2, 0) is 14.4 Å². The van der Waals surface area contributed by atoms with E-state index in [1.54, 1.807) is 0 Å². The molecule has 4 atom stereocenters. The van der Waals surface area contributed by atoms with Gasteiger partial charge >= 0.3 is 11.9 Å². The Labute approximate surface area is 121 Å². The lowest BCUT2D eigenvalue weighted by Crippen LogP contribution is -3.11. The number of hydrogen-bond donors (Lipinski definition) is 6. The number of carboxylic acid groups (broad SMARTS) is 2. The van der Waals surface area contributed by atoms with E-state index in [9.17, 15) is 19.6 Å². The molecule has 0 fully saturated rings. The van der Waals surface area contributed by atoms with Crippen molar-refractivity contribution in [2.24, 2.45) is 11.7 Å². The van der Waals surface area contributed by atoms with Crippen LogP contribution in [0.4, 0.5) is 0 Å². The first-order chi connectivity index (χ1) is 9.56. The summed E-state index contributed by atoms with van der Waals surface area (Å²) in [5.41, 5.74) is 5.58. The lowest BCUT2D eigenvalue weighted by atomic mass is 10.0. The lowest BCUT2D eigenvalue weighted by Gasteiger charge is -2.29. The van der Waals surface area contributed by atoms with Gasteiger partial charge in [-0.3, -0.25) is 9.59 Å². The fourth-order valence-corrected chi connectivity index (χ4v) is 1.75. The molecule has 4 unspecified atom stereocenters. The fraction of sp³-hybridized carbons (Fsp3) is 0.727. The van der Waals surface area contributed by atoms with E-state index >= 15 is 0 Å². The predicted octanol–water partition coefficient (Wildman–Crippen LogP) is -2.46. The van der Waals surface area contributed by atoms with E-state index in [1.165, 1.54) is 0 Å². The minimum Gasteiger partial charge on any atom is -0.600 e. The molecule has 7 N–H and O–H groups in total. The molecule has 122 valence electrons. The zero-order valence-electron chi connectivity index (χ0n) is 11.8. The van der Waals surface area contributed by atoms with E-state index in [4.69, 9.17) is 21.2 Å². The van der Waals surface area contributed by atoms with Crippen LogP contribution in [0.15, 0.2) is 0 Å².